The number of rotatable bonds is 4. The molecule has 2 atom stereocenters. The Morgan fingerprint density at radius 1 is 1.50 bits per heavy atom. The van der Waals surface area contributed by atoms with Crippen molar-refractivity contribution in [3.05, 3.63) is 16.6 Å². The molecule has 2 fully saturated rings. The molecular formula is C12H19N3S. The number of thiazole rings is 1. The zero-order valence-corrected chi connectivity index (χ0v) is 10.5. The highest BCUT2D eigenvalue weighted by Gasteiger charge is 2.34. The molecule has 0 amide bonds. The summed E-state index contributed by atoms with van der Waals surface area (Å²) in [4.78, 5) is 7.01. The van der Waals surface area contributed by atoms with Gasteiger partial charge in [-0.1, -0.05) is 0 Å². The summed E-state index contributed by atoms with van der Waals surface area (Å²) in [6.45, 7) is 4.74. The van der Waals surface area contributed by atoms with Gasteiger partial charge in [-0.05, 0) is 26.2 Å². The van der Waals surface area contributed by atoms with E-state index in [0.717, 1.165) is 6.04 Å². The lowest BCUT2D eigenvalue weighted by atomic mass is 10.2. The molecule has 1 saturated carbocycles. The van der Waals surface area contributed by atoms with Gasteiger partial charge in [0.25, 0.3) is 0 Å². The molecule has 1 saturated heterocycles. The number of hydrogen-bond acceptors (Lipinski definition) is 4. The van der Waals surface area contributed by atoms with E-state index in [-0.39, 0.29) is 0 Å². The Balaban J connectivity index is 1.51. The molecule has 1 N–H and O–H groups in total. The summed E-state index contributed by atoms with van der Waals surface area (Å²) in [6, 6.07) is 1.98. The first-order valence-electron chi connectivity index (χ1n) is 6.21. The highest BCUT2D eigenvalue weighted by molar-refractivity contribution is 7.07. The van der Waals surface area contributed by atoms with Gasteiger partial charge in [0.15, 0.2) is 0 Å². The van der Waals surface area contributed by atoms with Crippen LogP contribution in [0.15, 0.2) is 10.9 Å². The quantitative estimate of drug-likeness (QED) is 0.868. The fourth-order valence-corrected chi connectivity index (χ4v) is 3.22. The molecule has 2 heterocycles. The smallest absolute Gasteiger partial charge is 0.0795 e. The first-order valence-corrected chi connectivity index (χ1v) is 7.15. The van der Waals surface area contributed by atoms with Crippen molar-refractivity contribution in [2.45, 2.75) is 44.3 Å². The minimum atomic E-state index is 0.399. The number of aromatic nitrogens is 1. The summed E-state index contributed by atoms with van der Waals surface area (Å²) in [5, 5.41) is 5.84. The van der Waals surface area contributed by atoms with Crippen molar-refractivity contribution in [2.24, 2.45) is 0 Å². The number of nitrogens with one attached hydrogen (secondary N) is 1. The van der Waals surface area contributed by atoms with Crippen LogP contribution in [0.1, 0.15) is 37.9 Å². The van der Waals surface area contributed by atoms with Crippen molar-refractivity contribution in [3.8, 4) is 0 Å². The fraction of sp³-hybridized carbons (Fsp3) is 0.750. The number of hydrogen-bond donors (Lipinski definition) is 1. The fourth-order valence-electron chi connectivity index (χ4n) is 2.57. The van der Waals surface area contributed by atoms with Crippen LogP contribution in [0.3, 0.4) is 0 Å². The average Bonchev–Trinajstić information content (AvgIpc) is 2.82. The highest BCUT2D eigenvalue weighted by Crippen LogP contribution is 2.30. The topological polar surface area (TPSA) is 28.2 Å². The van der Waals surface area contributed by atoms with Crippen LogP contribution in [0, 0.1) is 0 Å². The third-order valence-corrected chi connectivity index (χ3v) is 4.27. The molecule has 1 aromatic rings. The maximum absolute atomic E-state index is 4.37. The molecule has 1 aliphatic carbocycles. The SMILES string of the molecule is CC(NC1CCN(C2CC2)C1)c1cscn1. The summed E-state index contributed by atoms with van der Waals surface area (Å²) in [5.41, 5.74) is 3.11. The van der Waals surface area contributed by atoms with E-state index < -0.39 is 0 Å². The minimum Gasteiger partial charge on any atom is -0.305 e. The lowest BCUT2D eigenvalue weighted by Gasteiger charge is -2.19. The summed E-state index contributed by atoms with van der Waals surface area (Å²) in [6.07, 6.45) is 4.15. The molecule has 2 aliphatic rings. The molecular weight excluding hydrogens is 218 g/mol. The van der Waals surface area contributed by atoms with Crippen LogP contribution in [-0.4, -0.2) is 35.1 Å². The highest BCUT2D eigenvalue weighted by atomic mass is 32.1. The molecule has 2 unspecified atom stereocenters. The zero-order valence-electron chi connectivity index (χ0n) is 9.72. The summed E-state index contributed by atoms with van der Waals surface area (Å²) in [7, 11) is 0. The molecule has 3 nitrogen and oxygen atoms in total. The van der Waals surface area contributed by atoms with Crippen LogP contribution in [0.25, 0.3) is 0 Å². The minimum absolute atomic E-state index is 0.399. The molecule has 16 heavy (non-hydrogen) atoms. The lowest BCUT2D eigenvalue weighted by Crippen LogP contribution is -2.35. The standard InChI is InChI=1S/C12H19N3S/c1-9(12-7-16-8-13-12)14-10-4-5-15(6-10)11-2-3-11/h7-11,14H,2-6H2,1H3. The third-order valence-electron chi connectivity index (χ3n) is 3.66. The van der Waals surface area contributed by atoms with Crippen molar-refractivity contribution in [2.75, 3.05) is 13.1 Å². The van der Waals surface area contributed by atoms with Crippen molar-refractivity contribution in [3.63, 3.8) is 0 Å². The van der Waals surface area contributed by atoms with Gasteiger partial charge in [0.1, 0.15) is 0 Å². The maximum Gasteiger partial charge on any atom is 0.0795 e. The van der Waals surface area contributed by atoms with Crippen LogP contribution in [0.4, 0.5) is 0 Å². The largest absolute Gasteiger partial charge is 0.305 e. The lowest BCUT2D eigenvalue weighted by molar-refractivity contribution is 0.313. The zero-order chi connectivity index (χ0) is 11.0. The Labute approximate surface area is 101 Å². The monoisotopic (exact) mass is 237 g/mol. The van der Waals surface area contributed by atoms with Gasteiger partial charge in [-0.3, -0.25) is 4.90 Å². The van der Waals surface area contributed by atoms with E-state index >= 15 is 0 Å². The van der Waals surface area contributed by atoms with Crippen LogP contribution >= 0.6 is 11.3 Å². The first-order chi connectivity index (χ1) is 7.83. The number of likely N-dealkylation sites (tertiary alicyclic amines) is 1. The van der Waals surface area contributed by atoms with Gasteiger partial charge in [-0.2, -0.15) is 0 Å². The maximum atomic E-state index is 4.37. The number of nitrogens with zero attached hydrogens (tertiary/aromatic N) is 2. The normalized spacial score (nSPS) is 28.4. The third kappa shape index (κ3) is 2.29. The van der Waals surface area contributed by atoms with E-state index in [0.29, 0.717) is 12.1 Å². The van der Waals surface area contributed by atoms with Crippen molar-refractivity contribution in [1.82, 2.24) is 15.2 Å². The second kappa shape index (κ2) is 4.43. The van der Waals surface area contributed by atoms with E-state index in [1.54, 1.807) is 11.3 Å². The van der Waals surface area contributed by atoms with Gasteiger partial charge < -0.3 is 5.32 Å². The van der Waals surface area contributed by atoms with E-state index in [9.17, 15) is 0 Å². The van der Waals surface area contributed by atoms with E-state index in [4.69, 9.17) is 0 Å². The van der Waals surface area contributed by atoms with E-state index in [2.05, 4.69) is 27.5 Å². The second-order valence-electron chi connectivity index (χ2n) is 5.01. The van der Waals surface area contributed by atoms with Gasteiger partial charge in [0, 0.05) is 36.6 Å². The van der Waals surface area contributed by atoms with Gasteiger partial charge in [-0.15, -0.1) is 11.3 Å². The Morgan fingerprint density at radius 2 is 2.38 bits per heavy atom. The molecule has 1 aliphatic heterocycles. The van der Waals surface area contributed by atoms with Crippen molar-refractivity contribution >= 4 is 11.3 Å². The molecule has 0 spiro atoms. The summed E-state index contributed by atoms with van der Waals surface area (Å²) >= 11 is 1.68. The van der Waals surface area contributed by atoms with Gasteiger partial charge >= 0.3 is 0 Å². The first kappa shape index (κ1) is 10.7. The van der Waals surface area contributed by atoms with Gasteiger partial charge in [-0.25, -0.2) is 4.98 Å². The predicted octanol–water partition coefficient (Wildman–Crippen LogP) is 2.03. The van der Waals surface area contributed by atoms with Crippen LogP contribution in [-0.2, 0) is 0 Å². The molecule has 4 heteroatoms. The summed E-state index contributed by atoms with van der Waals surface area (Å²) < 4.78 is 0. The predicted molar refractivity (Wildman–Crippen MR) is 66.7 cm³/mol. The average molecular weight is 237 g/mol. The Kier molecular flexibility index (Phi) is 2.96. The molecule has 1 aromatic heterocycles. The Bertz CT molecular complexity index is 334. The van der Waals surface area contributed by atoms with Gasteiger partial charge in [0.05, 0.1) is 11.2 Å². The van der Waals surface area contributed by atoms with Crippen LogP contribution < -0.4 is 5.32 Å². The Morgan fingerprint density at radius 3 is 3.06 bits per heavy atom. The molecule has 0 bridgehead atoms. The summed E-state index contributed by atoms with van der Waals surface area (Å²) in [5.74, 6) is 0. The van der Waals surface area contributed by atoms with Gasteiger partial charge in [0.2, 0.25) is 0 Å². The van der Waals surface area contributed by atoms with Crippen LogP contribution in [0.5, 0.6) is 0 Å². The molecule has 0 radical (unpaired) electrons. The van der Waals surface area contributed by atoms with E-state index in [1.165, 1.54) is 38.0 Å². The second-order valence-corrected chi connectivity index (χ2v) is 5.73. The van der Waals surface area contributed by atoms with Crippen molar-refractivity contribution < 1.29 is 0 Å². The Hall–Kier alpha value is -0.450. The van der Waals surface area contributed by atoms with E-state index in [1.807, 2.05) is 5.51 Å². The molecule has 88 valence electrons. The van der Waals surface area contributed by atoms with Crippen LogP contribution in [0.2, 0.25) is 0 Å². The molecule has 3 rings (SSSR count). The van der Waals surface area contributed by atoms with Crippen molar-refractivity contribution in [1.29, 1.82) is 0 Å². The molecule has 0 aromatic carbocycles.